The molecule has 0 atom stereocenters. The lowest BCUT2D eigenvalue weighted by Crippen LogP contribution is -2.02. The number of nitrogens with one attached hydrogen (secondary N) is 1. The van der Waals surface area contributed by atoms with Crippen molar-refractivity contribution in [2.45, 2.75) is 13.5 Å². The number of rotatable bonds is 4. The molecule has 0 unspecified atom stereocenters. The Balaban J connectivity index is 1.70. The summed E-state index contributed by atoms with van der Waals surface area (Å²) < 4.78 is 18.3. The van der Waals surface area contributed by atoms with Crippen LogP contribution in [0.25, 0.3) is 11.5 Å². The molecule has 106 valence electrons. The van der Waals surface area contributed by atoms with Gasteiger partial charge in [0.1, 0.15) is 5.82 Å². The van der Waals surface area contributed by atoms with Gasteiger partial charge >= 0.3 is 0 Å². The molecule has 5 heteroatoms. The van der Waals surface area contributed by atoms with E-state index in [4.69, 9.17) is 4.52 Å². The molecule has 3 aromatic rings. The van der Waals surface area contributed by atoms with Gasteiger partial charge in [0.05, 0.1) is 6.54 Å². The Morgan fingerprint density at radius 1 is 1.14 bits per heavy atom. The zero-order chi connectivity index (χ0) is 14.7. The molecule has 0 aliphatic carbocycles. The molecule has 0 fully saturated rings. The second kappa shape index (κ2) is 5.75. The molecule has 3 rings (SSSR count). The summed E-state index contributed by atoms with van der Waals surface area (Å²) in [6, 6.07) is 14.2. The van der Waals surface area contributed by atoms with Crippen molar-refractivity contribution in [1.82, 2.24) is 10.1 Å². The molecule has 0 amide bonds. The Labute approximate surface area is 121 Å². The van der Waals surface area contributed by atoms with Crippen molar-refractivity contribution in [2.24, 2.45) is 0 Å². The minimum Gasteiger partial charge on any atom is -0.377 e. The average Bonchev–Trinajstić information content (AvgIpc) is 2.96. The normalized spacial score (nSPS) is 10.6. The number of nitrogens with zero attached hydrogens (tertiary/aromatic N) is 2. The molecular formula is C16H14FN3O. The summed E-state index contributed by atoms with van der Waals surface area (Å²) in [5.74, 6) is 0.796. The maximum Gasteiger partial charge on any atom is 0.257 e. The Morgan fingerprint density at radius 3 is 2.71 bits per heavy atom. The summed E-state index contributed by atoms with van der Waals surface area (Å²) in [6.45, 7) is 2.26. The minimum absolute atomic E-state index is 0.246. The van der Waals surface area contributed by atoms with Gasteiger partial charge in [-0.1, -0.05) is 23.4 Å². The van der Waals surface area contributed by atoms with Gasteiger partial charge in [0.25, 0.3) is 5.89 Å². The average molecular weight is 283 g/mol. The van der Waals surface area contributed by atoms with Crippen LogP contribution in [-0.4, -0.2) is 10.1 Å². The highest BCUT2D eigenvalue weighted by atomic mass is 19.1. The van der Waals surface area contributed by atoms with Crippen molar-refractivity contribution in [1.29, 1.82) is 0 Å². The molecule has 0 spiro atoms. The number of hydrogen-bond acceptors (Lipinski definition) is 4. The summed E-state index contributed by atoms with van der Waals surface area (Å²) in [4.78, 5) is 4.33. The predicted octanol–water partition coefficient (Wildman–Crippen LogP) is 3.80. The third-order valence-electron chi connectivity index (χ3n) is 3.11. The van der Waals surface area contributed by atoms with Gasteiger partial charge in [-0.05, 0) is 42.8 Å². The lowest BCUT2D eigenvalue weighted by atomic mass is 10.2. The molecule has 0 bridgehead atoms. The second-order valence-electron chi connectivity index (χ2n) is 4.69. The van der Waals surface area contributed by atoms with E-state index in [0.29, 0.717) is 18.3 Å². The number of halogens is 1. The fourth-order valence-corrected chi connectivity index (χ4v) is 2.02. The van der Waals surface area contributed by atoms with E-state index in [1.165, 1.54) is 12.1 Å². The first-order valence-electron chi connectivity index (χ1n) is 6.60. The highest BCUT2D eigenvalue weighted by molar-refractivity contribution is 5.53. The monoisotopic (exact) mass is 283 g/mol. The van der Waals surface area contributed by atoms with Crippen LogP contribution in [0.4, 0.5) is 10.1 Å². The van der Waals surface area contributed by atoms with Crippen LogP contribution in [0.3, 0.4) is 0 Å². The van der Waals surface area contributed by atoms with E-state index in [2.05, 4.69) is 15.5 Å². The number of aromatic nitrogens is 2. The van der Waals surface area contributed by atoms with Crippen LogP contribution in [0.15, 0.2) is 53.1 Å². The van der Waals surface area contributed by atoms with Gasteiger partial charge in [-0.3, -0.25) is 0 Å². The van der Waals surface area contributed by atoms with Crippen LogP contribution in [0.5, 0.6) is 0 Å². The Kier molecular flexibility index (Phi) is 3.64. The lowest BCUT2D eigenvalue weighted by molar-refractivity contribution is 0.423. The molecule has 21 heavy (non-hydrogen) atoms. The van der Waals surface area contributed by atoms with E-state index in [0.717, 1.165) is 16.8 Å². The van der Waals surface area contributed by atoms with Crippen LogP contribution in [-0.2, 0) is 6.54 Å². The van der Waals surface area contributed by atoms with E-state index in [1.807, 2.05) is 37.3 Å². The molecule has 0 saturated heterocycles. The maximum atomic E-state index is 13.0. The summed E-state index contributed by atoms with van der Waals surface area (Å²) in [5.41, 5.74) is 2.57. The van der Waals surface area contributed by atoms with Gasteiger partial charge in [-0.2, -0.15) is 4.98 Å². The molecule has 0 radical (unpaired) electrons. The molecule has 4 nitrogen and oxygen atoms in total. The number of anilines is 1. The van der Waals surface area contributed by atoms with E-state index in [-0.39, 0.29) is 5.82 Å². The van der Waals surface area contributed by atoms with Gasteiger partial charge in [0, 0.05) is 11.3 Å². The van der Waals surface area contributed by atoms with Gasteiger partial charge in [0.15, 0.2) is 5.82 Å². The zero-order valence-corrected chi connectivity index (χ0v) is 11.5. The second-order valence-corrected chi connectivity index (χ2v) is 4.69. The fraction of sp³-hybridized carbons (Fsp3) is 0.125. The first kappa shape index (κ1) is 13.3. The van der Waals surface area contributed by atoms with Crippen LogP contribution >= 0.6 is 0 Å². The van der Waals surface area contributed by atoms with E-state index < -0.39 is 0 Å². The molecule has 0 aliphatic rings. The third-order valence-corrected chi connectivity index (χ3v) is 3.11. The van der Waals surface area contributed by atoms with Crippen molar-refractivity contribution in [3.8, 4) is 11.5 Å². The van der Waals surface area contributed by atoms with Crippen LogP contribution < -0.4 is 5.32 Å². The molecule has 0 aliphatic heterocycles. The van der Waals surface area contributed by atoms with Gasteiger partial charge in [-0.15, -0.1) is 0 Å². The highest BCUT2D eigenvalue weighted by Crippen LogP contribution is 2.18. The van der Waals surface area contributed by atoms with Crippen LogP contribution in [0.2, 0.25) is 0 Å². The van der Waals surface area contributed by atoms with Crippen molar-refractivity contribution in [3.05, 3.63) is 65.7 Å². The molecular weight excluding hydrogens is 269 g/mol. The van der Waals surface area contributed by atoms with Gasteiger partial charge in [0.2, 0.25) is 0 Å². The largest absolute Gasteiger partial charge is 0.377 e. The molecule has 2 aromatic carbocycles. The fourth-order valence-electron chi connectivity index (χ4n) is 2.02. The van der Waals surface area contributed by atoms with Gasteiger partial charge < -0.3 is 9.84 Å². The van der Waals surface area contributed by atoms with E-state index in [1.54, 1.807) is 6.07 Å². The molecule has 1 N–H and O–H groups in total. The molecule has 1 heterocycles. The summed E-state index contributed by atoms with van der Waals surface area (Å²) in [7, 11) is 0. The van der Waals surface area contributed by atoms with Crippen LogP contribution in [0, 0.1) is 12.7 Å². The standard InChI is InChI=1S/C16H14FN3O/c1-11-9-13(17)7-8-14(11)18-10-15-19-16(21-20-15)12-5-3-2-4-6-12/h2-9,18H,10H2,1H3. The number of benzene rings is 2. The maximum absolute atomic E-state index is 13.0. The Morgan fingerprint density at radius 2 is 1.95 bits per heavy atom. The van der Waals surface area contributed by atoms with Crippen molar-refractivity contribution >= 4 is 5.69 Å². The topological polar surface area (TPSA) is 51.0 Å². The van der Waals surface area contributed by atoms with Gasteiger partial charge in [-0.25, -0.2) is 4.39 Å². The quantitative estimate of drug-likeness (QED) is 0.791. The SMILES string of the molecule is Cc1cc(F)ccc1NCc1noc(-c2ccccc2)n1. The smallest absolute Gasteiger partial charge is 0.257 e. The Hall–Kier alpha value is -2.69. The predicted molar refractivity (Wildman–Crippen MR) is 78.2 cm³/mol. The van der Waals surface area contributed by atoms with Crippen molar-refractivity contribution < 1.29 is 8.91 Å². The zero-order valence-electron chi connectivity index (χ0n) is 11.5. The van der Waals surface area contributed by atoms with Crippen LogP contribution in [0.1, 0.15) is 11.4 Å². The first-order chi connectivity index (χ1) is 10.2. The lowest BCUT2D eigenvalue weighted by Gasteiger charge is -2.06. The summed E-state index contributed by atoms with van der Waals surface area (Å²) >= 11 is 0. The van der Waals surface area contributed by atoms with Crippen molar-refractivity contribution in [3.63, 3.8) is 0 Å². The summed E-state index contributed by atoms with van der Waals surface area (Å²) in [6.07, 6.45) is 0. The first-order valence-corrected chi connectivity index (χ1v) is 6.60. The van der Waals surface area contributed by atoms with E-state index in [9.17, 15) is 4.39 Å². The molecule has 0 saturated carbocycles. The molecule has 1 aromatic heterocycles. The highest BCUT2D eigenvalue weighted by Gasteiger charge is 2.08. The minimum atomic E-state index is -0.246. The number of aryl methyl sites for hydroxylation is 1. The third kappa shape index (κ3) is 3.08. The van der Waals surface area contributed by atoms with E-state index >= 15 is 0 Å². The van der Waals surface area contributed by atoms with Crippen molar-refractivity contribution in [2.75, 3.05) is 5.32 Å². The summed E-state index contributed by atoms with van der Waals surface area (Å²) in [5, 5.41) is 7.10. The Bertz CT molecular complexity index is 740. The number of hydrogen-bond donors (Lipinski definition) is 1.